The highest BCUT2D eigenvalue weighted by atomic mass is 35.5. The highest BCUT2D eigenvalue weighted by Gasteiger charge is 2.15. The van der Waals surface area contributed by atoms with Gasteiger partial charge in [-0.3, -0.25) is 4.79 Å². The first kappa shape index (κ1) is 31.0. The molecule has 0 aliphatic rings. The Kier molecular flexibility index (Phi) is 24.6. The van der Waals surface area contributed by atoms with Crippen LogP contribution in [0.25, 0.3) is 0 Å². The fourth-order valence-electron chi connectivity index (χ4n) is 3.84. The van der Waals surface area contributed by atoms with E-state index in [1.165, 1.54) is 97.0 Å². The lowest BCUT2D eigenvalue weighted by atomic mass is 10.0. The van der Waals surface area contributed by atoms with E-state index in [-0.39, 0.29) is 18.1 Å². The molecule has 0 saturated heterocycles. The minimum atomic E-state index is -0.836. The summed E-state index contributed by atoms with van der Waals surface area (Å²) in [6.07, 6.45) is 23.1. The fraction of sp³-hybridized carbons (Fsp3) is 0.960. The third-order valence-electron chi connectivity index (χ3n) is 5.76. The Morgan fingerprint density at radius 2 is 1.19 bits per heavy atom. The summed E-state index contributed by atoms with van der Waals surface area (Å²) in [5, 5.41) is 0. The van der Waals surface area contributed by atoms with Gasteiger partial charge in [0, 0.05) is 6.42 Å². The van der Waals surface area contributed by atoms with Crippen molar-refractivity contribution in [3.05, 3.63) is 0 Å². The van der Waals surface area contributed by atoms with Crippen LogP contribution in [0.15, 0.2) is 0 Å². The summed E-state index contributed by atoms with van der Waals surface area (Å²) < 4.78 is 15.5. The minimum Gasteiger partial charge on any atom is -0.469 e. The van der Waals surface area contributed by atoms with Gasteiger partial charge in [-0.05, 0) is 19.3 Å². The molecule has 0 radical (unpaired) electrons. The second-order valence-corrected chi connectivity index (χ2v) is 9.09. The molecule has 2 atom stereocenters. The van der Waals surface area contributed by atoms with E-state index in [4.69, 9.17) is 37.4 Å². The minimum absolute atomic E-state index is 0.00199. The molecule has 4 nitrogen and oxygen atoms in total. The third kappa shape index (κ3) is 22.9. The lowest BCUT2D eigenvalue weighted by molar-refractivity contribution is -0.141. The monoisotopic (exact) mass is 482 g/mol. The molecule has 0 aromatic heterocycles. The van der Waals surface area contributed by atoms with Crippen molar-refractivity contribution < 1.29 is 19.0 Å². The van der Waals surface area contributed by atoms with Gasteiger partial charge in [-0.15, -0.1) is 0 Å². The molecule has 186 valence electrons. The number of hydrogen-bond acceptors (Lipinski definition) is 4. The number of alkyl halides is 2. The summed E-state index contributed by atoms with van der Waals surface area (Å²) in [6.45, 7) is 2.27. The van der Waals surface area contributed by atoms with Crippen molar-refractivity contribution in [3.8, 4) is 0 Å². The van der Waals surface area contributed by atoms with E-state index < -0.39 is 5.75 Å². The van der Waals surface area contributed by atoms with E-state index in [9.17, 15) is 4.79 Å². The van der Waals surface area contributed by atoms with Crippen LogP contribution in [0.2, 0.25) is 0 Å². The number of ether oxygens (including phenoxy) is 3. The summed E-state index contributed by atoms with van der Waals surface area (Å²) in [5.74, 6) is -1.03. The Balaban J connectivity index is 3.64. The zero-order chi connectivity index (χ0) is 23.0. The molecule has 0 aromatic carbocycles. The van der Waals surface area contributed by atoms with E-state index in [0.29, 0.717) is 6.42 Å². The van der Waals surface area contributed by atoms with Crippen LogP contribution in [0, 0.1) is 0 Å². The van der Waals surface area contributed by atoms with Crippen molar-refractivity contribution in [1.29, 1.82) is 0 Å². The average molecular weight is 484 g/mol. The molecule has 0 spiro atoms. The predicted molar refractivity (Wildman–Crippen MR) is 132 cm³/mol. The Labute approximate surface area is 202 Å². The van der Waals surface area contributed by atoms with Gasteiger partial charge in [-0.1, -0.05) is 126 Å². The molecule has 0 bridgehead atoms. The summed E-state index contributed by atoms with van der Waals surface area (Å²) in [4.78, 5) is 11.3. The topological polar surface area (TPSA) is 44.8 Å². The van der Waals surface area contributed by atoms with Gasteiger partial charge < -0.3 is 14.2 Å². The van der Waals surface area contributed by atoms with E-state index >= 15 is 0 Å². The Hall–Kier alpha value is -0.0300. The molecule has 0 saturated carbocycles. The van der Waals surface area contributed by atoms with Crippen LogP contribution in [0.1, 0.15) is 129 Å². The molecule has 0 fully saturated rings. The van der Waals surface area contributed by atoms with Crippen molar-refractivity contribution in [2.75, 3.05) is 13.2 Å². The van der Waals surface area contributed by atoms with Crippen LogP contribution >= 0.6 is 23.2 Å². The number of esters is 1. The molecule has 31 heavy (non-hydrogen) atoms. The number of halogens is 2. The Morgan fingerprint density at radius 1 is 0.742 bits per heavy atom. The zero-order valence-corrected chi connectivity index (χ0v) is 21.7. The van der Waals surface area contributed by atoms with Gasteiger partial charge in [0.1, 0.15) is 6.07 Å². The number of methoxy groups -OCH3 is 1. The summed E-state index contributed by atoms with van der Waals surface area (Å²) >= 11 is 11.5. The maximum absolute atomic E-state index is 11.3. The number of carbonyl (C=O) groups excluding carboxylic acids is 1. The van der Waals surface area contributed by atoms with Gasteiger partial charge in [0.2, 0.25) is 5.75 Å². The third-order valence-corrected chi connectivity index (χ3v) is 6.11. The molecule has 2 unspecified atom stereocenters. The molecule has 0 amide bonds. The van der Waals surface area contributed by atoms with Gasteiger partial charge in [0.15, 0.2) is 0 Å². The number of hydrogen-bond donors (Lipinski definition) is 0. The van der Waals surface area contributed by atoms with Gasteiger partial charge >= 0.3 is 5.97 Å². The van der Waals surface area contributed by atoms with Crippen LogP contribution in [-0.4, -0.2) is 31.0 Å². The van der Waals surface area contributed by atoms with E-state index in [1.54, 1.807) is 0 Å². The molecule has 0 aromatic rings. The van der Waals surface area contributed by atoms with E-state index in [2.05, 4.69) is 6.92 Å². The molecular formula is C25H48Cl2O4. The first-order valence-corrected chi connectivity index (χ1v) is 13.6. The molecule has 6 heteroatoms. The van der Waals surface area contributed by atoms with Crippen LogP contribution in [-0.2, 0) is 19.0 Å². The normalized spacial score (nSPS) is 13.3. The van der Waals surface area contributed by atoms with Gasteiger partial charge in [0.05, 0.1) is 13.2 Å². The highest BCUT2D eigenvalue weighted by Crippen LogP contribution is 2.19. The molecule has 0 rings (SSSR count). The highest BCUT2D eigenvalue weighted by molar-refractivity contribution is 6.20. The second-order valence-electron chi connectivity index (χ2n) is 8.52. The summed E-state index contributed by atoms with van der Waals surface area (Å²) in [6, 6.07) is 0.00199. The van der Waals surface area contributed by atoms with E-state index in [1.807, 2.05) is 0 Å². The SMILES string of the molecule is CCCCCCCCCCCCCCCCCC(CCCC(=O)OC)OC(Cl)OCCl. The molecule has 0 aliphatic carbocycles. The zero-order valence-electron chi connectivity index (χ0n) is 20.2. The van der Waals surface area contributed by atoms with Gasteiger partial charge in [0.25, 0.3) is 0 Å². The number of rotatable bonds is 24. The molecule has 0 heterocycles. The van der Waals surface area contributed by atoms with Gasteiger partial charge in [-0.2, -0.15) is 0 Å². The van der Waals surface area contributed by atoms with Crippen LogP contribution in [0.3, 0.4) is 0 Å². The van der Waals surface area contributed by atoms with Crippen molar-refractivity contribution >= 4 is 29.2 Å². The molecule has 0 aliphatic heterocycles. The summed E-state index contributed by atoms with van der Waals surface area (Å²) in [5.41, 5.74) is 0. The first-order valence-electron chi connectivity index (χ1n) is 12.7. The smallest absolute Gasteiger partial charge is 0.305 e. The molecular weight excluding hydrogens is 435 g/mol. The maximum atomic E-state index is 11.3. The van der Waals surface area contributed by atoms with Crippen molar-refractivity contribution in [2.24, 2.45) is 0 Å². The largest absolute Gasteiger partial charge is 0.469 e. The number of unbranched alkanes of at least 4 members (excludes halogenated alkanes) is 14. The second kappa shape index (κ2) is 24.6. The van der Waals surface area contributed by atoms with Crippen LogP contribution in [0.5, 0.6) is 0 Å². The summed E-state index contributed by atoms with van der Waals surface area (Å²) in [7, 11) is 1.41. The fourth-order valence-corrected chi connectivity index (χ4v) is 4.23. The molecule has 0 N–H and O–H groups in total. The van der Waals surface area contributed by atoms with Crippen molar-refractivity contribution in [3.63, 3.8) is 0 Å². The number of carbonyl (C=O) groups is 1. The van der Waals surface area contributed by atoms with Gasteiger partial charge in [-0.25, -0.2) is 0 Å². The standard InChI is InChI=1S/C25H48Cl2O4/c1-3-4-5-6-7-8-9-10-11-12-13-14-15-16-17-19-23(31-25(27)30-22-26)20-18-21-24(28)29-2/h23,25H,3-22H2,1-2H3. The Morgan fingerprint density at radius 3 is 1.65 bits per heavy atom. The average Bonchev–Trinajstić information content (AvgIpc) is 2.76. The lowest BCUT2D eigenvalue weighted by Gasteiger charge is -2.20. The van der Waals surface area contributed by atoms with E-state index in [0.717, 1.165) is 25.7 Å². The lowest BCUT2D eigenvalue weighted by Crippen LogP contribution is -2.21. The predicted octanol–water partition coefficient (Wildman–Crippen LogP) is 8.71. The van der Waals surface area contributed by atoms with Crippen LogP contribution < -0.4 is 0 Å². The maximum Gasteiger partial charge on any atom is 0.305 e. The Bertz CT molecular complexity index is 383. The quantitative estimate of drug-likeness (QED) is 0.0596. The van der Waals surface area contributed by atoms with Crippen LogP contribution in [0.4, 0.5) is 0 Å². The van der Waals surface area contributed by atoms with Crippen molar-refractivity contribution in [1.82, 2.24) is 0 Å². The first-order chi connectivity index (χ1) is 15.1. The van der Waals surface area contributed by atoms with Crippen molar-refractivity contribution in [2.45, 2.75) is 141 Å².